The van der Waals surface area contributed by atoms with Crippen molar-refractivity contribution >= 4 is 17.7 Å². The molecule has 1 aliphatic heterocycles. The number of hydrogen-bond donors (Lipinski definition) is 0. The molecule has 0 N–H and O–H groups in total. The number of fused-ring (bicyclic) bond motifs is 3. The van der Waals surface area contributed by atoms with Gasteiger partial charge in [-0.05, 0) is 54.4 Å². The van der Waals surface area contributed by atoms with Crippen LogP contribution in [0.25, 0.3) is 0 Å². The maximum absolute atomic E-state index is 14.1. The van der Waals surface area contributed by atoms with Gasteiger partial charge in [-0.15, -0.1) is 0 Å². The fourth-order valence-corrected chi connectivity index (χ4v) is 6.71. The van der Waals surface area contributed by atoms with Crippen LogP contribution in [0.1, 0.15) is 55.1 Å². The molecule has 0 unspecified atom stereocenters. The Morgan fingerprint density at radius 3 is 2.69 bits per heavy atom. The summed E-state index contributed by atoms with van der Waals surface area (Å²) in [5.74, 6) is -2.50. The minimum absolute atomic E-state index is 0.102. The summed E-state index contributed by atoms with van der Waals surface area (Å²) >= 11 is 0. The van der Waals surface area contributed by atoms with E-state index < -0.39 is 34.6 Å². The number of nitrogens with zero attached hydrogens (tertiary/aromatic N) is 1. The van der Waals surface area contributed by atoms with Crippen molar-refractivity contribution in [1.82, 2.24) is 4.98 Å². The molecule has 6 atom stereocenters. The number of carbonyl (C=O) groups is 3. The maximum Gasteiger partial charge on any atom is 0.345 e. The lowest BCUT2D eigenvalue weighted by Gasteiger charge is -2.60. The molecule has 2 fully saturated rings. The highest BCUT2D eigenvalue weighted by Crippen LogP contribution is 2.66. The van der Waals surface area contributed by atoms with Gasteiger partial charge in [0.25, 0.3) is 0 Å². The van der Waals surface area contributed by atoms with Gasteiger partial charge in [0, 0.05) is 29.8 Å². The number of hydrogen-bond acceptors (Lipinski definition) is 8. The van der Waals surface area contributed by atoms with E-state index in [1.54, 1.807) is 24.7 Å². The summed E-state index contributed by atoms with van der Waals surface area (Å²) in [6, 6.07) is 5.00. The summed E-state index contributed by atoms with van der Waals surface area (Å²) in [5.41, 5.74) is -0.289. The van der Waals surface area contributed by atoms with Gasteiger partial charge in [-0.2, -0.15) is 0 Å². The van der Waals surface area contributed by atoms with Crippen LogP contribution in [0.2, 0.25) is 0 Å². The largest absolute Gasteiger partial charge is 0.490 e. The normalized spacial score (nSPS) is 33.5. The molecule has 8 heteroatoms. The summed E-state index contributed by atoms with van der Waals surface area (Å²) < 4.78 is 22.2. The second kappa shape index (κ2) is 8.76. The number of carbonyl (C=O) groups excluding carboxylic acids is 3. The number of pyridine rings is 1. The van der Waals surface area contributed by atoms with Gasteiger partial charge in [0.15, 0.2) is 5.76 Å². The van der Waals surface area contributed by atoms with Gasteiger partial charge in [-0.3, -0.25) is 14.6 Å². The van der Waals surface area contributed by atoms with Gasteiger partial charge in [0.1, 0.15) is 6.10 Å². The fourth-order valence-electron chi connectivity index (χ4n) is 6.71. The molecule has 3 heterocycles. The first kappa shape index (κ1) is 24.0. The van der Waals surface area contributed by atoms with Crippen LogP contribution < -0.4 is 0 Å². The van der Waals surface area contributed by atoms with E-state index in [0.29, 0.717) is 25.0 Å². The number of esters is 2. The van der Waals surface area contributed by atoms with E-state index in [1.165, 1.54) is 25.6 Å². The van der Waals surface area contributed by atoms with Crippen molar-refractivity contribution in [3.63, 3.8) is 0 Å². The van der Waals surface area contributed by atoms with Gasteiger partial charge in [0.2, 0.25) is 5.78 Å². The lowest BCUT2D eigenvalue weighted by Crippen LogP contribution is -2.60. The van der Waals surface area contributed by atoms with E-state index in [0.717, 1.165) is 5.56 Å². The molecule has 2 aromatic rings. The topological polar surface area (TPSA) is 105 Å². The van der Waals surface area contributed by atoms with E-state index in [4.69, 9.17) is 18.6 Å². The third kappa shape index (κ3) is 3.67. The van der Waals surface area contributed by atoms with Crippen molar-refractivity contribution in [3.05, 3.63) is 78.4 Å². The summed E-state index contributed by atoms with van der Waals surface area (Å²) in [5, 5.41) is 0. The third-order valence-corrected chi connectivity index (χ3v) is 8.40. The molecule has 1 saturated heterocycles. The van der Waals surface area contributed by atoms with Crippen LogP contribution in [0, 0.1) is 28.6 Å². The van der Waals surface area contributed by atoms with Crippen LogP contribution in [-0.4, -0.2) is 29.8 Å². The van der Waals surface area contributed by atoms with Crippen LogP contribution in [-0.2, 0) is 23.8 Å². The number of furan rings is 1. The van der Waals surface area contributed by atoms with Gasteiger partial charge >= 0.3 is 11.9 Å². The van der Waals surface area contributed by atoms with E-state index in [-0.39, 0.29) is 29.1 Å². The molecule has 36 heavy (non-hydrogen) atoms. The minimum atomic E-state index is -0.761. The maximum atomic E-state index is 14.1. The van der Waals surface area contributed by atoms with Crippen LogP contribution >= 0.6 is 0 Å². The van der Waals surface area contributed by atoms with E-state index >= 15 is 0 Å². The van der Waals surface area contributed by atoms with Crippen LogP contribution in [0.4, 0.5) is 0 Å². The molecule has 0 aromatic carbocycles. The number of rotatable bonds is 4. The quantitative estimate of drug-likeness (QED) is 0.562. The molecule has 188 valence electrons. The average molecular weight is 492 g/mol. The fraction of sp³-hybridized carbons (Fsp3) is 0.429. The zero-order valence-electron chi connectivity index (χ0n) is 20.6. The summed E-state index contributed by atoms with van der Waals surface area (Å²) in [7, 11) is 1.32. The van der Waals surface area contributed by atoms with E-state index in [9.17, 15) is 14.4 Å². The van der Waals surface area contributed by atoms with Gasteiger partial charge in [-0.1, -0.05) is 20.4 Å². The summed E-state index contributed by atoms with van der Waals surface area (Å²) in [6.45, 7) is 8.22. The van der Waals surface area contributed by atoms with E-state index in [1.807, 2.05) is 13.0 Å². The summed E-state index contributed by atoms with van der Waals surface area (Å²) in [4.78, 5) is 44.0. The number of allylic oxidation sites excluding steroid dienone is 2. The number of ketones is 1. The standard InChI is InChI=1S/C28H29NO7/c1-16-19-7-9-27(2)20(26(32)33-4)12-21(36-25(31)17-6-5-10-29-14-17)23(30)24(27)28(19,3)13-22(35-16)18-8-11-34-15-18/h5-6,8,10-12,14-15,19-20,22,24H,1,7,9,13H2,2-4H3/t19-,20-,22-,24-,27-,28-/m0/s1. The molecule has 8 nitrogen and oxygen atoms in total. The Bertz CT molecular complexity index is 1230. The third-order valence-electron chi connectivity index (χ3n) is 8.40. The van der Waals surface area contributed by atoms with Crippen LogP contribution in [0.15, 0.2) is 71.7 Å². The molecule has 5 rings (SSSR count). The number of ether oxygens (including phenoxy) is 3. The lowest BCUT2D eigenvalue weighted by atomic mass is 9.44. The smallest absolute Gasteiger partial charge is 0.345 e. The highest BCUT2D eigenvalue weighted by molar-refractivity contribution is 6.03. The van der Waals surface area contributed by atoms with E-state index in [2.05, 4.69) is 18.5 Å². The second-order valence-corrected chi connectivity index (χ2v) is 10.4. The predicted octanol–water partition coefficient (Wildman–Crippen LogP) is 4.80. The lowest BCUT2D eigenvalue weighted by molar-refractivity contribution is -0.174. The minimum Gasteiger partial charge on any atom is -0.490 e. The zero-order valence-corrected chi connectivity index (χ0v) is 20.6. The Kier molecular flexibility index (Phi) is 5.85. The first-order valence-corrected chi connectivity index (χ1v) is 12.0. The summed E-state index contributed by atoms with van der Waals surface area (Å²) in [6.07, 6.45) is 9.04. The predicted molar refractivity (Wildman–Crippen MR) is 127 cm³/mol. The molecule has 0 radical (unpaired) electrons. The SMILES string of the molecule is C=C1O[C@H](c2ccoc2)C[C@]2(C)[C@H]3C(=O)C(OC(=O)c4cccnc4)=C[C@@H](C(=O)OC)[C@]3(C)CC[C@@H]12. The molecule has 0 amide bonds. The second-order valence-electron chi connectivity index (χ2n) is 10.4. The average Bonchev–Trinajstić information content (AvgIpc) is 3.40. The number of aromatic nitrogens is 1. The zero-order chi connectivity index (χ0) is 25.7. The molecular weight excluding hydrogens is 462 g/mol. The Morgan fingerprint density at radius 1 is 1.22 bits per heavy atom. The Labute approximate surface area is 209 Å². The highest BCUT2D eigenvalue weighted by Gasteiger charge is 2.65. The Morgan fingerprint density at radius 2 is 2.03 bits per heavy atom. The van der Waals surface area contributed by atoms with Crippen molar-refractivity contribution in [2.75, 3.05) is 7.11 Å². The molecule has 3 aliphatic rings. The van der Waals surface area contributed by atoms with Gasteiger partial charge in [0.05, 0.1) is 36.9 Å². The van der Waals surface area contributed by atoms with Crippen molar-refractivity contribution in [3.8, 4) is 0 Å². The Hall–Kier alpha value is -3.68. The first-order chi connectivity index (χ1) is 17.2. The molecule has 0 spiro atoms. The number of methoxy groups -OCH3 is 1. The van der Waals surface area contributed by atoms with Crippen LogP contribution in [0.3, 0.4) is 0 Å². The van der Waals surface area contributed by atoms with Crippen molar-refractivity contribution in [2.45, 2.75) is 39.2 Å². The van der Waals surface area contributed by atoms with Crippen LogP contribution in [0.5, 0.6) is 0 Å². The van der Waals surface area contributed by atoms with Crippen molar-refractivity contribution < 1.29 is 33.0 Å². The monoisotopic (exact) mass is 491 g/mol. The van der Waals surface area contributed by atoms with Gasteiger partial charge in [-0.25, -0.2) is 4.79 Å². The Balaban J connectivity index is 1.57. The molecular formula is C28H29NO7. The first-order valence-electron chi connectivity index (χ1n) is 12.0. The number of Topliss-reactive ketones (excluding diaryl/α,β-unsaturated/α-hetero) is 1. The molecule has 2 aromatic heterocycles. The van der Waals surface area contributed by atoms with Crippen molar-refractivity contribution in [1.29, 1.82) is 0 Å². The molecule has 2 aliphatic carbocycles. The molecule has 0 bridgehead atoms. The van der Waals surface area contributed by atoms with Crippen molar-refractivity contribution in [2.24, 2.45) is 28.6 Å². The van der Waals surface area contributed by atoms with Gasteiger partial charge < -0.3 is 18.6 Å². The molecule has 1 saturated carbocycles. The highest BCUT2D eigenvalue weighted by atomic mass is 16.5.